The van der Waals surface area contributed by atoms with Crippen molar-refractivity contribution in [3.8, 4) is 0 Å². The van der Waals surface area contributed by atoms with E-state index in [1.54, 1.807) is 0 Å². The topological polar surface area (TPSA) is 83.6 Å². The molecular formula is C11H15FN2O3S2. The van der Waals surface area contributed by atoms with Gasteiger partial charge in [-0.25, -0.2) is 12.8 Å². The van der Waals surface area contributed by atoms with Crippen LogP contribution >= 0.6 is 12.2 Å². The van der Waals surface area contributed by atoms with Crippen molar-refractivity contribution in [2.75, 3.05) is 13.7 Å². The fraction of sp³-hybridized carbons (Fsp3) is 0.364. The second-order valence-corrected chi connectivity index (χ2v) is 6.44. The van der Waals surface area contributed by atoms with Crippen LogP contribution in [-0.4, -0.2) is 42.5 Å². The van der Waals surface area contributed by atoms with Crippen molar-refractivity contribution in [2.45, 2.75) is 17.9 Å². The number of rotatable bonds is 5. The van der Waals surface area contributed by atoms with Crippen LogP contribution in [0.3, 0.4) is 0 Å². The van der Waals surface area contributed by atoms with Crippen molar-refractivity contribution < 1.29 is 17.9 Å². The van der Waals surface area contributed by atoms with E-state index in [4.69, 9.17) is 23.1 Å². The highest BCUT2D eigenvalue weighted by Crippen LogP contribution is 2.23. The van der Waals surface area contributed by atoms with E-state index in [1.165, 1.54) is 26.1 Å². The average molecular weight is 306 g/mol. The quantitative estimate of drug-likeness (QED) is 0.772. The molecule has 3 N–H and O–H groups in total. The van der Waals surface area contributed by atoms with Crippen LogP contribution in [0.4, 0.5) is 4.39 Å². The van der Waals surface area contributed by atoms with Gasteiger partial charge in [-0.3, -0.25) is 0 Å². The highest BCUT2D eigenvalue weighted by atomic mass is 32.2. The van der Waals surface area contributed by atoms with E-state index in [2.05, 4.69) is 0 Å². The molecule has 8 heteroatoms. The lowest BCUT2D eigenvalue weighted by atomic mass is 10.2. The number of sulfonamides is 1. The minimum absolute atomic E-state index is 0.303. The maximum Gasteiger partial charge on any atom is 0.243 e. The maximum atomic E-state index is 13.7. The normalized spacial score (nSPS) is 13.5. The molecule has 1 rings (SSSR count). The van der Waals surface area contributed by atoms with Crippen molar-refractivity contribution in [3.63, 3.8) is 0 Å². The van der Waals surface area contributed by atoms with Crippen LogP contribution in [0.25, 0.3) is 0 Å². The average Bonchev–Trinajstić information content (AvgIpc) is 2.35. The Labute approximate surface area is 116 Å². The summed E-state index contributed by atoms with van der Waals surface area (Å²) >= 11 is 4.69. The molecule has 0 fully saturated rings. The van der Waals surface area contributed by atoms with Gasteiger partial charge in [0.1, 0.15) is 10.8 Å². The number of aliphatic hydroxyl groups excluding tert-OH is 1. The van der Waals surface area contributed by atoms with Crippen LogP contribution in [-0.2, 0) is 10.0 Å². The molecule has 0 aliphatic heterocycles. The minimum atomic E-state index is -3.98. The molecule has 0 aliphatic rings. The number of hydrogen-bond donors (Lipinski definition) is 2. The summed E-state index contributed by atoms with van der Waals surface area (Å²) in [7, 11) is -2.69. The predicted molar refractivity (Wildman–Crippen MR) is 73.8 cm³/mol. The van der Waals surface area contributed by atoms with E-state index in [-0.39, 0.29) is 22.1 Å². The molecule has 0 amide bonds. The zero-order valence-corrected chi connectivity index (χ0v) is 12.1. The Hall–Kier alpha value is -1.09. The Morgan fingerprint density at radius 1 is 1.58 bits per heavy atom. The monoisotopic (exact) mass is 306 g/mol. The molecule has 0 heterocycles. The number of benzene rings is 1. The van der Waals surface area contributed by atoms with E-state index < -0.39 is 21.9 Å². The van der Waals surface area contributed by atoms with Crippen molar-refractivity contribution in [1.82, 2.24) is 4.31 Å². The molecule has 1 atom stereocenters. The number of hydrogen-bond acceptors (Lipinski definition) is 4. The third kappa shape index (κ3) is 3.08. The highest BCUT2D eigenvalue weighted by Gasteiger charge is 2.29. The van der Waals surface area contributed by atoms with Gasteiger partial charge in [0.15, 0.2) is 0 Å². The first kappa shape index (κ1) is 16.0. The molecule has 0 aromatic heterocycles. The molecule has 0 spiro atoms. The lowest BCUT2D eigenvalue weighted by molar-refractivity contribution is 0.214. The standard InChI is InChI=1S/C11H15FN2O3S2/c1-7(6-15)14(2)19(16,17)9-5-3-4-8(12)10(9)11(13)18/h3-5,7,15H,6H2,1-2H3,(H2,13,18). The van der Waals surface area contributed by atoms with Crippen LogP contribution in [0.15, 0.2) is 23.1 Å². The molecule has 0 saturated heterocycles. The van der Waals surface area contributed by atoms with Gasteiger partial charge < -0.3 is 10.8 Å². The molecule has 0 saturated carbocycles. The summed E-state index contributed by atoms with van der Waals surface area (Å²) in [4.78, 5) is -0.635. The van der Waals surface area contributed by atoms with Gasteiger partial charge in [-0.05, 0) is 19.1 Å². The molecule has 5 nitrogen and oxygen atoms in total. The molecule has 1 unspecified atom stereocenters. The molecular weight excluding hydrogens is 291 g/mol. The van der Waals surface area contributed by atoms with Gasteiger partial charge in [-0.2, -0.15) is 4.31 Å². The molecule has 0 radical (unpaired) electrons. The van der Waals surface area contributed by atoms with Gasteiger partial charge >= 0.3 is 0 Å². The summed E-state index contributed by atoms with van der Waals surface area (Å²) in [6.45, 7) is 1.17. The van der Waals surface area contributed by atoms with Crippen molar-refractivity contribution in [1.29, 1.82) is 0 Å². The minimum Gasteiger partial charge on any atom is -0.395 e. The van der Waals surface area contributed by atoms with Crippen LogP contribution in [0, 0.1) is 5.82 Å². The van der Waals surface area contributed by atoms with E-state index in [0.717, 1.165) is 10.4 Å². The Morgan fingerprint density at radius 2 is 2.16 bits per heavy atom. The summed E-state index contributed by atoms with van der Waals surface area (Å²) in [5.41, 5.74) is 5.07. The fourth-order valence-electron chi connectivity index (χ4n) is 1.47. The summed E-state index contributed by atoms with van der Waals surface area (Å²) < 4.78 is 39.3. The molecule has 106 valence electrons. The SMILES string of the molecule is CC(CO)N(C)S(=O)(=O)c1cccc(F)c1C(N)=S. The van der Waals surface area contributed by atoms with Crippen LogP contribution in [0.2, 0.25) is 0 Å². The predicted octanol–water partition coefficient (Wildman–Crippen LogP) is 0.461. The van der Waals surface area contributed by atoms with Crippen molar-refractivity contribution in [2.24, 2.45) is 5.73 Å². The Kier molecular flexibility index (Phi) is 4.97. The first-order valence-electron chi connectivity index (χ1n) is 5.40. The van der Waals surface area contributed by atoms with E-state index in [0.29, 0.717) is 0 Å². The Balaban J connectivity index is 3.46. The van der Waals surface area contributed by atoms with Crippen LogP contribution in [0.1, 0.15) is 12.5 Å². The molecule has 0 aliphatic carbocycles. The molecule has 19 heavy (non-hydrogen) atoms. The lowest BCUT2D eigenvalue weighted by Gasteiger charge is -2.23. The van der Waals surface area contributed by atoms with Crippen molar-refractivity contribution in [3.05, 3.63) is 29.6 Å². The molecule has 0 bridgehead atoms. The van der Waals surface area contributed by atoms with E-state index in [9.17, 15) is 12.8 Å². The number of halogens is 1. The number of nitrogens with zero attached hydrogens (tertiary/aromatic N) is 1. The number of likely N-dealkylation sites (N-methyl/N-ethyl adjacent to an activating group) is 1. The maximum absolute atomic E-state index is 13.7. The van der Waals surface area contributed by atoms with E-state index in [1.807, 2.05) is 0 Å². The van der Waals surface area contributed by atoms with Gasteiger partial charge in [0.2, 0.25) is 10.0 Å². The van der Waals surface area contributed by atoms with Gasteiger partial charge in [0.05, 0.1) is 17.1 Å². The second-order valence-electron chi connectivity index (χ2n) is 4.03. The zero-order chi connectivity index (χ0) is 14.8. The summed E-state index contributed by atoms with van der Waals surface area (Å²) in [5.74, 6) is -0.793. The lowest BCUT2D eigenvalue weighted by Crippen LogP contribution is -2.38. The fourth-order valence-corrected chi connectivity index (χ4v) is 3.30. The smallest absolute Gasteiger partial charge is 0.243 e. The third-order valence-corrected chi connectivity index (χ3v) is 4.98. The van der Waals surface area contributed by atoms with Crippen LogP contribution in [0.5, 0.6) is 0 Å². The third-order valence-electron chi connectivity index (χ3n) is 2.76. The van der Waals surface area contributed by atoms with Crippen molar-refractivity contribution >= 4 is 27.2 Å². The zero-order valence-electron chi connectivity index (χ0n) is 10.5. The Bertz CT molecular complexity index is 590. The first-order chi connectivity index (χ1) is 8.73. The summed E-state index contributed by atoms with van der Waals surface area (Å²) in [6.07, 6.45) is 0. The second kappa shape index (κ2) is 5.91. The molecule has 1 aromatic carbocycles. The van der Waals surface area contributed by atoms with Gasteiger partial charge in [0, 0.05) is 13.1 Å². The number of nitrogens with two attached hydrogens (primary N) is 1. The summed E-state index contributed by atoms with van der Waals surface area (Å²) in [6, 6.07) is 2.94. The Morgan fingerprint density at radius 3 is 2.63 bits per heavy atom. The number of aliphatic hydroxyl groups is 1. The largest absolute Gasteiger partial charge is 0.395 e. The van der Waals surface area contributed by atoms with E-state index >= 15 is 0 Å². The van der Waals surface area contributed by atoms with Gasteiger partial charge in [0.25, 0.3) is 0 Å². The van der Waals surface area contributed by atoms with Gasteiger partial charge in [-0.1, -0.05) is 18.3 Å². The van der Waals surface area contributed by atoms with Gasteiger partial charge in [-0.15, -0.1) is 0 Å². The highest BCUT2D eigenvalue weighted by molar-refractivity contribution is 7.89. The first-order valence-corrected chi connectivity index (χ1v) is 7.25. The molecule has 1 aromatic rings. The van der Waals surface area contributed by atoms with Crippen LogP contribution < -0.4 is 5.73 Å². The number of thiocarbonyl (C=S) groups is 1. The summed E-state index contributed by atoms with van der Waals surface area (Å²) in [5, 5.41) is 9.02.